The molecule has 1 atom stereocenters. The van der Waals surface area contributed by atoms with Gasteiger partial charge in [0.1, 0.15) is 0 Å². The summed E-state index contributed by atoms with van der Waals surface area (Å²) in [5.74, 6) is 0. The number of piperidine rings is 1. The standard InChI is InChI=1S/C12H27NOSi/c1-4-14-15(2,3)11-7-9-12-8-5-6-10-13-12/h12-13H,4-11H2,1-3H3. The van der Waals surface area contributed by atoms with Gasteiger partial charge in [-0.3, -0.25) is 0 Å². The molecule has 0 aromatic rings. The summed E-state index contributed by atoms with van der Waals surface area (Å²) in [5.41, 5.74) is 0. The Labute approximate surface area is 95.9 Å². The van der Waals surface area contributed by atoms with Crippen molar-refractivity contribution < 1.29 is 4.43 Å². The van der Waals surface area contributed by atoms with E-state index in [-0.39, 0.29) is 0 Å². The van der Waals surface area contributed by atoms with Crippen LogP contribution >= 0.6 is 0 Å². The lowest BCUT2D eigenvalue weighted by Crippen LogP contribution is -2.35. The van der Waals surface area contributed by atoms with Crippen LogP contribution in [0.5, 0.6) is 0 Å². The van der Waals surface area contributed by atoms with Crippen LogP contribution < -0.4 is 5.32 Å². The molecular weight excluding hydrogens is 202 g/mol. The van der Waals surface area contributed by atoms with Crippen molar-refractivity contribution in [2.24, 2.45) is 0 Å². The van der Waals surface area contributed by atoms with Crippen LogP contribution in [0.15, 0.2) is 0 Å². The molecule has 90 valence electrons. The zero-order chi connectivity index (χ0) is 11.1. The van der Waals surface area contributed by atoms with E-state index in [2.05, 4.69) is 25.3 Å². The van der Waals surface area contributed by atoms with Crippen LogP contribution in [0.1, 0.15) is 39.0 Å². The molecule has 1 unspecified atom stereocenters. The quantitative estimate of drug-likeness (QED) is 0.707. The Bertz CT molecular complexity index is 167. The summed E-state index contributed by atoms with van der Waals surface area (Å²) in [7, 11) is -1.32. The van der Waals surface area contributed by atoms with Crippen molar-refractivity contribution in [3.8, 4) is 0 Å². The molecule has 1 aliphatic heterocycles. The lowest BCUT2D eigenvalue weighted by molar-refractivity contribution is 0.324. The summed E-state index contributed by atoms with van der Waals surface area (Å²) >= 11 is 0. The lowest BCUT2D eigenvalue weighted by atomic mass is 10.0. The zero-order valence-electron chi connectivity index (χ0n) is 10.6. The van der Waals surface area contributed by atoms with Gasteiger partial charge < -0.3 is 9.74 Å². The maximum atomic E-state index is 5.84. The van der Waals surface area contributed by atoms with Gasteiger partial charge in [0.2, 0.25) is 0 Å². The van der Waals surface area contributed by atoms with E-state index >= 15 is 0 Å². The third-order valence-corrected chi connectivity index (χ3v) is 5.91. The van der Waals surface area contributed by atoms with Crippen LogP contribution in [0, 0.1) is 0 Å². The van der Waals surface area contributed by atoms with Crippen molar-refractivity contribution in [2.75, 3.05) is 13.2 Å². The molecule has 2 nitrogen and oxygen atoms in total. The highest BCUT2D eigenvalue weighted by atomic mass is 28.4. The Hall–Kier alpha value is 0.137. The summed E-state index contributed by atoms with van der Waals surface area (Å²) in [5, 5.41) is 3.61. The predicted octanol–water partition coefficient (Wildman–Crippen LogP) is 3.15. The fourth-order valence-corrected chi connectivity index (χ4v) is 4.39. The van der Waals surface area contributed by atoms with Crippen molar-refractivity contribution in [2.45, 2.75) is 64.2 Å². The molecule has 1 N–H and O–H groups in total. The first kappa shape index (κ1) is 13.2. The van der Waals surface area contributed by atoms with E-state index in [9.17, 15) is 0 Å². The summed E-state index contributed by atoms with van der Waals surface area (Å²) < 4.78 is 5.84. The first-order valence-electron chi connectivity index (χ1n) is 6.51. The molecule has 15 heavy (non-hydrogen) atoms. The van der Waals surface area contributed by atoms with Crippen LogP contribution in [0.3, 0.4) is 0 Å². The lowest BCUT2D eigenvalue weighted by Gasteiger charge is -2.26. The highest BCUT2D eigenvalue weighted by Gasteiger charge is 2.22. The van der Waals surface area contributed by atoms with Gasteiger partial charge in [-0.15, -0.1) is 0 Å². The molecular formula is C12H27NOSi. The minimum atomic E-state index is -1.32. The number of hydrogen-bond acceptors (Lipinski definition) is 2. The summed E-state index contributed by atoms with van der Waals surface area (Å²) in [6.07, 6.45) is 6.87. The summed E-state index contributed by atoms with van der Waals surface area (Å²) in [6.45, 7) is 8.91. The first-order valence-corrected chi connectivity index (χ1v) is 9.63. The fourth-order valence-electron chi connectivity index (χ4n) is 2.41. The maximum Gasteiger partial charge on any atom is 0.186 e. The highest BCUT2D eigenvalue weighted by Crippen LogP contribution is 2.18. The van der Waals surface area contributed by atoms with Crippen LogP contribution in [-0.2, 0) is 4.43 Å². The maximum absolute atomic E-state index is 5.84. The third-order valence-electron chi connectivity index (χ3n) is 3.28. The summed E-state index contributed by atoms with van der Waals surface area (Å²) in [4.78, 5) is 0. The topological polar surface area (TPSA) is 21.3 Å². The second-order valence-corrected chi connectivity index (χ2v) is 9.54. The van der Waals surface area contributed by atoms with Crippen LogP contribution in [0.25, 0.3) is 0 Å². The van der Waals surface area contributed by atoms with Crippen LogP contribution in [0.2, 0.25) is 19.1 Å². The molecule has 0 spiro atoms. The monoisotopic (exact) mass is 229 g/mol. The largest absolute Gasteiger partial charge is 0.418 e. The van der Waals surface area contributed by atoms with Gasteiger partial charge in [0, 0.05) is 12.6 Å². The molecule has 0 aliphatic carbocycles. The average molecular weight is 229 g/mol. The van der Waals surface area contributed by atoms with Gasteiger partial charge in [-0.25, -0.2) is 0 Å². The number of rotatable bonds is 6. The molecule has 1 aliphatic rings. The van der Waals surface area contributed by atoms with E-state index in [0.717, 1.165) is 12.6 Å². The Kier molecular flexibility index (Phi) is 5.86. The van der Waals surface area contributed by atoms with Crippen molar-refractivity contribution in [3.63, 3.8) is 0 Å². The molecule has 0 radical (unpaired) electrons. The molecule has 1 heterocycles. The highest BCUT2D eigenvalue weighted by molar-refractivity contribution is 6.71. The normalized spacial score (nSPS) is 23.0. The Balaban J connectivity index is 2.09. The van der Waals surface area contributed by atoms with Crippen LogP contribution in [-0.4, -0.2) is 27.5 Å². The number of hydrogen-bond donors (Lipinski definition) is 1. The van der Waals surface area contributed by atoms with E-state index in [4.69, 9.17) is 4.43 Å². The first-order chi connectivity index (χ1) is 7.14. The molecule has 1 rings (SSSR count). The fraction of sp³-hybridized carbons (Fsp3) is 1.00. The van der Waals surface area contributed by atoms with Crippen molar-refractivity contribution >= 4 is 8.32 Å². The molecule has 0 saturated carbocycles. The molecule has 0 amide bonds. The van der Waals surface area contributed by atoms with Crippen molar-refractivity contribution in [3.05, 3.63) is 0 Å². The molecule has 3 heteroatoms. The average Bonchev–Trinajstić information content (AvgIpc) is 2.19. The molecule has 1 saturated heterocycles. The van der Waals surface area contributed by atoms with Gasteiger partial charge in [0.15, 0.2) is 8.32 Å². The summed E-state index contributed by atoms with van der Waals surface area (Å²) in [6, 6.07) is 2.11. The zero-order valence-corrected chi connectivity index (χ0v) is 11.6. The van der Waals surface area contributed by atoms with Crippen molar-refractivity contribution in [1.29, 1.82) is 0 Å². The van der Waals surface area contributed by atoms with Gasteiger partial charge in [-0.1, -0.05) is 12.8 Å². The Morgan fingerprint density at radius 1 is 1.33 bits per heavy atom. The Morgan fingerprint density at radius 2 is 2.13 bits per heavy atom. The Morgan fingerprint density at radius 3 is 2.73 bits per heavy atom. The van der Waals surface area contributed by atoms with E-state index in [1.807, 2.05) is 0 Å². The SMILES string of the molecule is CCO[Si](C)(C)CCCC1CCCCN1. The van der Waals surface area contributed by atoms with Crippen LogP contribution in [0.4, 0.5) is 0 Å². The molecule has 0 aromatic carbocycles. The number of nitrogens with one attached hydrogen (secondary N) is 1. The second kappa shape index (κ2) is 6.66. The molecule has 0 bridgehead atoms. The molecule has 1 fully saturated rings. The minimum Gasteiger partial charge on any atom is -0.418 e. The van der Waals surface area contributed by atoms with Gasteiger partial charge in [0.25, 0.3) is 0 Å². The smallest absolute Gasteiger partial charge is 0.186 e. The van der Waals surface area contributed by atoms with E-state index in [0.29, 0.717) is 0 Å². The van der Waals surface area contributed by atoms with E-state index in [1.54, 1.807) is 0 Å². The van der Waals surface area contributed by atoms with Gasteiger partial charge in [-0.2, -0.15) is 0 Å². The minimum absolute atomic E-state index is 0.796. The van der Waals surface area contributed by atoms with Gasteiger partial charge >= 0.3 is 0 Å². The second-order valence-electron chi connectivity index (χ2n) is 5.23. The van der Waals surface area contributed by atoms with Gasteiger partial charge in [-0.05, 0) is 51.9 Å². The predicted molar refractivity (Wildman–Crippen MR) is 68.8 cm³/mol. The van der Waals surface area contributed by atoms with E-state index < -0.39 is 8.32 Å². The van der Waals surface area contributed by atoms with Gasteiger partial charge in [0.05, 0.1) is 0 Å². The van der Waals surface area contributed by atoms with E-state index in [1.165, 1.54) is 44.7 Å². The van der Waals surface area contributed by atoms with Crippen molar-refractivity contribution in [1.82, 2.24) is 5.32 Å². The molecule has 0 aromatic heterocycles. The third kappa shape index (κ3) is 5.69.